The Hall–Kier alpha value is -4.67. The molecule has 0 spiro atoms. The number of para-hydroxylation sites is 2. The number of hydrogen-bond acceptors (Lipinski definition) is 8. The summed E-state index contributed by atoms with van der Waals surface area (Å²) in [6, 6.07) is 30.9. The van der Waals surface area contributed by atoms with Crippen molar-refractivity contribution in [3.05, 3.63) is 131 Å². The Morgan fingerprint density at radius 3 is 2.34 bits per heavy atom. The Balaban J connectivity index is 1.22. The number of carbonyl (C=O) groups is 1. The van der Waals surface area contributed by atoms with Crippen LogP contribution in [0.5, 0.6) is 5.75 Å². The van der Waals surface area contributed by atoms with E-state index in [9.17, 15) is 4.79 Å². The molecule has 0 saturated heterocycles. The fraction of sp³-hybridized carbons (Fsp3) is 0.0968. The molecule has 0 fully saturated rings. The number of hydrogen-bond donors (Lipinski definition) is 1. The molecule has 1 amide bonds. The molecule has 0 bridgehead atoms. The number of benzene rings is 3. The molecule has 0 saturated carbocycles. The molecule has 3 aromatic carbocycles. The largest absolute Gasteiger partial charge is 0.495 e. The van der Waals surface area contributed by atoms with Gasteiger partial charge in [0, 0.05) is 5.38 Å². The number of nitrogens with one attached hydrogen (secondary N) is 1. The Morgan fingerprint density at radius 1 is 0.951 bits per heavy atom. The lowest BCUT2D eigenvalue weighted by atomic mass is 9.98. The van der Waals surface area contributed by atoms with Gasteiger partial charge in [0.25, 0.3) is 5.91 Å². The summed E-state index contributed by atoms with van der Waals surface area (Å²) in [4.78, 5) is 18.0. The van der Waals surface area contributed by atoms with Crippen LogP contribution in [-0.4, -0.2) is 32.8 Å². The molecule has 10 heteroatoms. The second-order valence-electron chi connectivity index (χ2n) is 8.93. The van der Waals surface area contributed by atoms with Gasteiger partial charge in [0.1, 0.15) is 16.5 Å². The maximum Gasteiger partial charge on any atom is 0.271 e. The van der Waals surface area contributed by atoms with E-state index in [1.807, 2.05) is 102 Å². The van der Waals surface area contributed by atoms with Crippen LogP contribution in [0, 0.1) is 0 Å². The maximum atomic E-state index is 13.3. The molecule has 0 aliphatic rings. The van der Waals surface area contributed by atoms with Crippen molar-refractivity contribution >= 4 is 29.0 Å². The molecule has 6 aromatic rings. The first-order valence-corrected chi connectivity index (χ1v) is 14.7. The number of furan rings is 1. The first-order valence-electron chi connectivity index (χ1n) is 12.8. The van der Waals surface area contributed by atoms with Gasteiger partial charge >= 0.3 is 0 Å². The highest BCUT2D eigenvalue weighted by Crippen LogP contribution is 2.34. The van der Waals surface area contributed by atoms with Crippen LogP contribution in [0.4, 0.5) is 0 Å². The summed E-state index contributed by atoms with van der Waals surface area (Å²) in [5.74, 6) is 2.11. The summed E-state index contributed by atoms with van der Waals surface area (Å²) in [7, 11) is 1.63. The average Bonchev–Trinajstić information content (AvgIpc) is 3.81. The predicted molar refractivity (Wildman–Crippen MR) is 159 cm³/mol. The molecule has 0 atom stereocenters. The third kappa shape index (κ3) is 5.79. The fourth-order valence-corrected chi connectivity index (χ4v) is 6.16. The first-order chi connectivity index (χ1) is 20.2. The van der Waals surface area contributed by atoms with E-state index in [0.29, 0.717) is 33.9 Å². The number of aromatic nitrogens is 4. The molecule has 3 heterocycles. The number of thiazole rings is 1. The Bertz CT molecular complexity index is 1690. The van der Waals surface area contributed by atoms with Gasteiger partial charge in [-0.2, -0.15) is 0 Å². The minimum absolute atomic E-state index is 0.229. The van der Waals surface area contributed by atoms with E-state index < -0.39 is 0 Å². The number of carbonyl (C=O) groups excluding carboxylic acids is 1. The highest BCUT2D eigenvalue weighted by Gasteiger charge is 2.22. The Kier molecular flexibility index (Phi) is 7.92. The van der Waals surface area contributed by atoms with E-state index in [4.69, 9.17) is 9.15 Å². The average molecular weight is 580 g/mol. The molecular weight excluding hydrogens is 555 g/mol. The number of amides is 1. The van der Waals surface area contributed by atoms with Crippen molar-refractivity contribution in [2.45, 2.75) is 17.0 Å². The summed E-state index contributed by atoms with van der Waals surface area (Å²) in [6.07, 6.45) is 1.60. The SMILES string of the molecule is COc1ccccc1-n1c(SCc2nc(C(=O)NC(c3ccccc3)c3ccccc3)cs2)nnc1-c1ccco1. The van der Waals surface area contributed by atoms with Gasteiger partial charge in [-0.1, -0.05) is 84.6 Å². The van der Waals surface area contributed by atoms with Gasteiger partial charge in [0.2, 0.25) is 5.82 Å². The van der Waals surface area contributed by atoms with E-state index in [1.54, 1.807) is 18.8 Å². The minimum Gasteiger partial charge on any atom is -0.495 e. The summed E-state index contributed by atoms with van der Waals surface area (Å²) in [5.41, 5.74) is 3.17. The molecule has 0 unspecified atom stereocenters. The van der Waals surface area contributed by atoms with Crippen molar-refractivity contribution in [3.63, 3.8) is 0 Å². The van der Waals surface area contributed by atoms with Crippen molar-refractivity contribution in [2.75, 3.05) is 7.11 Å². The van der Waals surface area contributed by atoms with Crippen molar-refractivity contribution in [2.24, 2.45) is 0 Å². The molecule has 0 radical (unpaired) electrons. The zero-order valence-corrected chi connectivity index (χ0v) is 23.6. The zero-order chi connectivity index (χ0) is 28.0. The van der Waals surface area contributed by atoms with Gasteiger partial charge in [0.15, 0.2) is 10.9 Å². The molecule has 6 rings (SSSR count). The predicted octanol–water partition coefficient (Wildman–Crippen LogP) is 6.80. The molecule has 204 valence electrons. The van der Waals surface area contributed by atoms with Crippen molar-refractivity contribution in [3.8, 4) is 23.0 Å². The van der Waals surface area contributed by atoms with Crippen LogP contribution in [0.15, 0.2) is 118 Å². The van der Waals surface area contributed by atoms with Gasteiger partial charge in [-0.15, -0.1) is 21.5 Å². The first kappa shape index (κ1) is 26.5. The van der Waals surface area contributed by atoms with E-state index in [1.165, 1.54) is 23.1 Å². The van der Waals surface area contributed by atoms with E-state index in [2.05, 4.69) is 20.5 Å². The quantitative estimate of drug-likeness (QED) is 0.178. The Labute approximate surface area is 245 Å². The third-order valence-corrected chi connectivity index (χ3v) is 8.32. The molecule has 41 heavy (non-hydrogen) atoms. The van der Waals surface area contributed by atoms with Crippen LogP contribution in [0.3, 0.4) is 0 Å². The number of methoxy groups -OCH3 is 1. The highest BCUT2D eigenvalue weighted by atomic mass is 32.2. The monoisotopic (exact) mass is 579 g/mol. The van der Waals surface area contributed by atoms with Gasteiger partial charge < -0.3 is 14.5 Å². The topological polar surface area (TPSA) is 95.1 Å². The molecular formula is C31H25N5O3S2. The third-order valence-electron chi connectivity index (χ3n) is 6.35. The fourth-order valence-electron chi connectivity index (χ4n) is 4.42. The molecule has 1 N–H and O–H groups in total. The zero-order valence-electron chi connectivity index (χ0n) is 22.0. The van der Waals surface area contributed by atoms with Gasteiger partial charge in [-0.25, -0.2) is 4.98 Å². The van der Waals surface area contributed by atoms with Crippen LogP contribution in [0.1, 0.15) is 32.7 Å². The van der Waals surface area contributed by atoms with Crippen molar-refractivity contribution < 1.29 is 13.9 Å². The van der Waals surface area contributed by atoms with E-state index >= 15 is 0 Å². The van der Waals surface area contributed by atoms with Crippen molar-refractivity contribution in [1.82, 2.24) is 25.1 Å². The van der Waals surface area contributed by atoms with Crippen LogP contribution in [0.25, 0.3) is 17.3 Å². The normalized spacial score (nSPS) is 11.1. The Morgan fingerprint density at radius 2 is 1.66 bits per heavy atom. The lowest BCUT2D eigenvalue weighted by Crippen LogP contribution is -2.29. The smallest absolute Gasteiger partial charge is 0.271 e. The van der Waals surface area contributed by atoms with E-state index in [0.717, 1.165) is 21.8 Å². The van der Waals surface area contributed by atoms with Crippen LogP contribution >= 0.6 is 23.1 Å². The molecule has 3 aromatic heterocycles. The standard InChI is InChI=1S/C31H25N5O3S2/c1-38-25-16-9-8-15-24(25)36-29(26-17-10-18-39-26)34-35-31(36)41-20-27-32-23(19-40-27)30(37)33-28(21-11-4-2-5-12-21)22-13-6-3-7-14-22/h2-19,28H,20H2,1H3,(H,33,37). The van der Waals surface area contributed by atoms with Crippen molar-refractivity contribution in [1.29, 1.82) is 0 Å². The number of thioether (sulfide) groups is 1. The van der Waals surface area contributed by atoms with Crippen LogP contribution in [-0.2, 0) is 5.75 Å². The highest BCUT2D eigenvalue weighted by molar-refractivity contribution is 7.98. The molecule has 0 aliphatic heterocycles. The summed E-state index contributed by atoms with van der Waals surface area (Å²) >= 11 is 2.91. The second kappa shape index (κ2) is 12.2. The molecule has 8 nitrogen and oxygen atoms in total. The second-order valence-corrected chi connectivity index (χ2v) is 10.8. The summed E-state index contributed by atoms with van der Waals surface area (Å²) in [6.45, 7) is 0. The lowest BCUT2D eigenvalue weighted by molar-refractivity contribution is 0.0938. The lowest BCUT2D eigenvalue weighted by Gasteiger charge is -2.19. The maximum absolute atomic E-state index is 13.3. The number of ether oxygens (including phenoxy) is 1. The van der Waals surface area contributed by atoms with Gasteiger partial charge in [-0.05, 0) is 35.4 Å². The summed E-state index contributed by atoms with van der Waals surface area (Å²) < 4.78 is 13.2. The van der Waals surface area contributed by atoms with Gasteiger partial charge in [-0.3, -0.25) is 9.36 Å². The van der Waals surface area contributed by atoms with Crippen LogP contribution < -0.4 is 10.1 Å². The van der Waals surface area contributed by atoms with Crippen LogP contribution in [0.2, 0.25) is 0 Å². The molecule has 0 aliphatic carbocycles. The van der Waals surface area contributed by atoms with E-state index in [-0.39, 0.29) is 11.9 Å². The number of nitrogens with zero attached hydrogens (tertiary/aromatic N) is 4. The number of rotatable bonds is 10. The minimum atomic E-state index is -0.288. The summed E-state index contributed by atoms with van der Waals surface area (Å²) in [5, 5.41) is 15.3. The van der Waals surface area contributed by atoms with Gasteiger partial charge in [0.05, 0.1) is 30.9 Å².